The number of nitrogens with zero attached hydrogens (tertiary/aromatic N) is 2. The predicted octanol–water partition coefficient (Wildman–Crippen LogP) is 6.18. The van der Waals surface area contributed by atoms with E-state index in [0.717, 1.165) is 46.0 Å². The molecule has 1 atom stereocenters. The second-order valence-electron chi connectivity index (χ2n) is 11.0. The van der Waals surface area contributed by atoms with Crippen molar-refractivity contribution in [2.24, 2.45) is 0 Å². The zero-order chi connectivity index (χ0) is 31.7. The van der Waals surface area contributed by atoms with Crippen LogP contribution in [0.4, 0.5) is 5.69 Å². The highest BCUT2D eigenvalue weighted by molar-refractivity contribution is 7.98. The second-order valence-corrected chi connectivity index (χ2v) is 13.8. The molecule has 0 unspecified atom stereocenters. The first-order valence-electron chi connectivity index (χ1n) is 15.2. The summed E-state index contributed by atoms with van der Waals surface area (Å²) in [4.78, 5) is 30.6. The van der Waals surface area contributed by atoms with Gasteiger partial charge in [-0.1, -0.05) is 61.7 Å². The number of carbonyl (C=O) groups excluding carboxylic acids is 2. The molecule has 0 radical (unpaired) electrons. The lowest BCUT2D eigenvalue weighted by Crippen LogP contribution is -2.53. The zero-order valence-electron chi connectivity index (χ0n) is 26.0. The van der Waals surface area contributed by atoms with Gasteiger partial charge in [0.05, 0.1) is 17.2 Å². The molecule has 0 spiro atoms. The summed E-state index contributed by atoms with van der Waals surface area (Å²) >= 11 is 1.51. The van der Waals surface area contributed by atoms with Crippen molar-refractivity contribution in [1.29, 1.82) is 0 Å². The highest BCUT2D eigenvalue weighted by Gasteiger charge is 2.35. The van der Waals surface area contributed by atoms with Crippen LogP contribution in [-0.2, 0) is 26.2 Å². The molecule has 3 aromatic carbocycles. The van der Waals surface area contributed by atoms with Gasteiger partial charge in [0.2, 0.25) is 11.8 Å². The molecule has 44 heavy (non-hydrogen) atoms. The Balaban J connectivity index is 1.75. The van der Waals surface area contributed by atoms with Crippen molar-refractivity contribution in [3.05, 3.63) is 83.9 Å². The number of hydrogen-bond donors (Lipinski definition) is 1. The molecule has 10 heteroatoms. The van der Waals surface area contributed by atoms with E-state index >= 15 is 0 Å². The van der Waals surface area contributed by atoms with Gasteiger partial charge in [0, 0.05) is 17.5 Å². The van der Waals surface area contributed by atoms with E-state index in [1.165, 1.54) is 16.7 Å². The number of nitrogens with one attached hydrogen (secondary N) is 1. The maximum atomic E-state index is 14.4. The summed E-state index contributed by atoms with van der Waals surface area (Å²) in [6.07, 6.45) is 6.28. The van der Waals surface area contributed by atoms with Gasteiger partial charge < -0.3 is 15.0 Å². The molecule has 1 saturated carbocycles. The molecule has 0 bridgehead atoms. The van der Waals surface area contributed by atoms with Crippen LogP contribution in [0.1, 0.15) is 57.1 Å². The average molecular weight is 638 g/mol. The van der Waals surface area contributed by atoms with Crippen LogP contribution in [0.5, 0.6) is 5.75 Å². The molecule has 0 heterocycles. The molecule has 0 saturated heterocycles. The molecule has 1 N–H and O–H groups in total. The molecular formula is C34H43N3O5S2. The Morgan fingerprint density at radius 2 is 1.70 bits per heavy atom. The molecule has 0 aromatic heterocycles. The minimum atomic E-state index is -4.20. The monoisotopic (exact) mass is 637 g/mol. The molecule has 1 fully saturated rings. The first-order chi connectivity index (χ1) is 21.2. The van der Waals surface area contributed by atoms with E-state index in [0.29, 0.717) is 18.8 Å². The summed E-state index contributed by atoms with van der Waals surface area (Å²) < 4.78 is 35.5. The van der Waals surface area contributed by atoms with Crippen molar-refractivity contribution in [3.8, 4) is 5.75 Å². The van der Waals surface area contributed by atoms with Crippen LogP contribution in [0.3, 0.4) is 0 Å². The van der Waals surface area contributed by atoms with E-state index in [1.54, 1.807) is 48.5 Å². The van der Waals surface area contributed by atoms with Gasteiger partial charge in [0.25, 0.3) is 10.0 Å². The number of sulfonamides is 1. The molecule has 0 aliphatic heterocycles. The van der Waals surface area contributed by atoms with E-state index in [-0.39, 0.29) is 29.1 Å². The van der Waals surface area contributed by atoms with Crippen molar-refractivity contribution in [1.82, 2.24) is 10.2 Å². The quantitative estimate of drug-likeness (QED) is 0.212. The second kappa shape index (κ2) is 15.5. The molecule has 236 valence electrons. The maximum Gasteiger partial charge on any atom is 0.264 e. The third kappa shape index (κ3) is 8.15. The lowest BCUT2D eigenvalue weighted by atomic mass is 10.1. The number of hydrogen-bond acceptors (Lipinski definition) is 6. The number of para-hydroxylation sites is 2. The zero-order valence-corrected chi connectivity index (χ0v) is 27.6. The van der Waals surface area contributed by atoms with Crippen molar-refractivity contribution < 1.29 is 22.7 Å². The average Bonchev–Trinajstić information content (AvgIpc) is 3.53. The summed E-state index contributed by atoms with van der Waals surface area (Å²) in [5, 5.41) is 3.15. The molecule has 8 nitrogen and oxygen atoms in total. The first kappa shape index (κ1) is 33.4. The van der Waals surface area contributed by atoms with E-state index in [1.807, 2.05) is 51.3 Å². The van der Waals surface area contributed by atoms with Gasteiger partial charge in [0.15, 0.2) is 0 Å². The number of amides is 2. The number of thioether (sulfide) groups is 1. The van der Waals surface area contributed by atoms with Gasteiger partial charge >= 0.3 is 0 Å². The van der Waals surface area contributed by atoms with Crippen LogP contribution in [0.2, 0.25) is 0 Å². The summed E-state index contributed by atoms with van der Waals surface area (Å²) in [6.45, 7) is 5.65. The minimum Gasteiger partial charge on any atom is -0.492 e. The topological polar surface area (TPSA) is 96.0 Å². The number of ether oxygens (including phenoxy) is 1. The van der Waals surface area contributed by atoms with Gasteiger partial charge in [-0.2, -0.15) is 0 Å². The van der Waals surface area contributed by atoms with E-state index in [4.69, 9.17) is 4.74 Å². The third-order valence-corrected chi connectivity index (χ3v) is 10.4. The van der Waals surface area contributed by atoms with E-state index in [9.17, 15) is 18.0 Å². The fraction of sp³-hybridized carbons (Fsp3) is 0.412. The Kier molecular flexibility index (Phi) is 11.7. The van der Waals surface area contributed by atoms with E-state index in [2.05, 4.69) is 5.32 Å². The van der Waals surface area contributed by atoms with Gasteiger partial charge in [0.1, 0.15) is 18.3 Å². The predicted molar refractivity (Wildman–Crippen MR) is 177 cm³/mol. The smallest absolute Gasteiger partial charge is 0.264 e. The Hall–Kier alpha value is -3.50. The number of carbonyl (C=O) groups is 2. The number of aryl methyl sites for hydroxylation is 1. The molecule has 2 amide bonds. The number of anilines is 1. The van der Waals surface area contributed by atoms with Gasteiger partial charge in [-0.05, 0) is 81.3 Å². The van der Waals surface area contributed by atoms with Crippen molar-refractivity contribution in [2.45, 2.75) is 81.3 Å². The Labute approximate surface area is 266 Å². The van der Waals surface area contributed by atoms with Crippen molar-refractivity contribution in [3.63, 3.8) is 0 Å². The highest BCUT2D eigenvalue weighted by atomic mass is 32.2. The van der Waals surface area contributed by atoms with Crippen LogP contribution >= 0.6 is 11.8 Å². The van der Waals surface area contributed by atoms with E-state index < -0.39 is 28.5 Å². The molecule has 4 rings (SSSR count). The third-order valence-electron chi connectivity index (χ3n) is 7.88. The lowest BCUT2D eigenvalue weighted by Gasteiger charge is -2.34. The molecule has 1 aliphatic carbocycles. The van der Waals surface area contributed by atoms with Gasteiger partial charge in [-0.25, -0.2) is 8.42 Å². The van der Waals surface area contributed by atoms with Gasteiger partial charge in [-0.3, -0.25) is 13.9 Å². The first-order valence-corrected chi connectivity index (χ1v) is 17.9. The molecule has 3 aromatic rings. The molecular weight excluding hydrogens is 595 g/mol. The normalized spacial score (nSPS) is 14.2. The SMILES string of the molecule is CCOc1ccccc1N(CC(=O)N(Cc1cccc(C)c1)[C@H](CC)C(=O)NC1CCCC1)S(=O)(=O)c1ccc(SC)cc1. The summed E-state index contributed by atoms with van der Waals surface area (Å²) in [5.41, 5.74) is 2.15. The maximum absolute atomic E-state index is 14.4. The van der Waals surface area contributed by atoms with Crippen molar-refractivity contribution in [2.75, 3.05) is 23.7 Å². The number of benzene rings is 3. The Morgan fingerprint density at radius 1 is 1.00 bits per heavy atom. The minimum absolute atomic E-state index is 0.0608. The summed E-state index contributed by atoms with van der Waals surface area (Å²) in [7, 11) is -4.20. The Bertz CT molecular complexity index is 1520. The van der Waals surface area contributed by atoms with Crippen LogP contribution in [0, 0.1) is 6.92 Å². The van der Waals surface area contributed by atoms with Crippen LogP contribution in [0.25, 0.3) is 0 Å². The van der Waals surface area contributed by atoms with Crippen LogP contribution in [0.15, 0.2) is 82.6 Å². The number of rotatable bonds is 14. The van der Waals surface area contributed by atoms with Crippen LogP contribution < -0.4 is 14.4 Å². The van der Waals surface area contributed by atoms with Crippen LogP contribution in [-0.4, -0.2) is 56.6 Å². The summed E-state index contributed by atoms with van der Waals surface area (Å²) in [5.74, 6) is -0.337. The molecule has 1 aliphatic rings. The Morgan fingerprint density at radius 3 is 2.34 bits per heavy atom. The fourth-order valence-corrected chi connectivity index (χ4v) is 7.46. The largest absolute Gasteiger partial charge is 0.492 e. The lowest BCUT2D eigenvalue weighted by molar-refractivity contribution is -0.140. The van der Waals surface area contributed by atoms with Gasteiger partial charge in [-0.15, -0.1) is 11.8 Å². The fourth-order valence-electron chi connectivity index (χ4n) is 5.62. The summed E-state index contributed by atoms with van der Waals surface area (Å²) in [6, 6.07) is 20.5. The van der Waals surface area contributed by atoms with Crippen molar-refractivity contribution >= 4 is 39.3 Å². The highest BCUT2D eigenvalue weighted by Crippen LogP contribution is 2.33. The standard InChI is InChI=1S/C34H43N3O5S2/c1-5-30(34(39)35-27-14-7-8-15-27)36(23-26-13-11-12-25(3)22-26)33(38)24-37(31-16-9-10-17-32(31)42-6-2)44(40,41)29-20-18-28(43-4)19-21-29/h9-13,16-22,27,30H,5-8,14-15,23-24H2,1-4H3,(H,35,39)/t30-/m1/s1.